The van der Waals surface area contributed by atoms with Gasteiger partial charge in [0.25, 0.3) is 17.7 Å². The number of nitrogens with zero attached hydrogens (tertiary/aromatic N) is 4. The van der Waals surface area contributed by atoms with E-state index in [-0.39, 0.29) is 34.7 Å². The maximum Gasteiger partial charge on any atom is 0.335 e. The van der Waals surface area contributed by atoms with Gasteiger partial charge in [0.05, 0.1) is 17.8 Å². The van der Waals surface area contributed by atoms with Gasteiger partial charge in [-0.3, -0.25) is 14.4 Å². The van der Waals surface area contributed by atoms with Gasteiger partial charge in [0.2, 0.25) is 0 Å². The Morgan fingerprint density at radius 3 is 2.47 bits per heavy atom. The first-order chi connectivity index (χ1) is 22.5. The minimum absolute atomic E-state index is 0.0312. The van der Waals surface area contributed by atoms with Crippen LogP contribution in [0.2, 0.25) is 0 Å². The highest BCUT2D eigenvalue weighted by Crippen LogP contribution is 2.35. The zero-order valence-electron chi connectivity index (χ0n) is 25.3. The molecule has 0 bridgehead atoms. The number of benzene rings is 3. The number of anilines is 1. The van der Waals surface area contributed by atoms with Crippen LogP contribution in [0, 0.1) is 18.6 Å². The van der Waals surface area contributed by atoms with Crippen LogP contribution >= 0.6 is 0 Å². The fourth-order valence-corrected chi connectivity index (χ4v) is 5.76. The summed E-state index contributed by atoms with van der Waals surface area (Å²) in [6.07, 6.45) is 2.35. The van der Waals surface area contributed by atoms with E-state index < -0.39 is 41.4 Å². The molecule has 5 aromatic rings. The van der Waals surface area contributed by atoms with Crippen LogP contribution in [-0.2, 0) is 13.0 Å². The summed E-state index contributed by atoms with van der Waals surface area (Å²) in [6.45, 7) is 1.57. The van der Waals surface area contributed by atoms with E-state index in [1.165, 1.54) is 33.8 Å². The number of carbonyl (C=O) groups excluding carboxylic acids is 3. The van der Waals surface area contributed by atoms with E-state index in [0.29, 0.717) is 29.7 Å². The molecule has 1 aliphatic rings. The molecule has 0 saturated carbocycles. The molecule has 13 heteroatoms. The summed E-state index contributed by atoms with van der Waals surface area (Å²) in [5.74, 6) is -4.95. The van der Waals surface area contributed by atoms with Crippen molar-refractivity contribution in [2.75, 3.05) is 11.9 Å². The number of aromatic carboxylic acids is 1. The molecule has 0 saturated heterocycles. The van der Waals surface area contributed by atoms with Crippen molar-refractivity contribution in [2.45, 2.75) is 32.4 Å². The second-order valence-corrected chi connectivity index (χ2v) is 11.1. The van der Waals surface area contributed by atoms with Crippen LogP contribution in [0.4, 0.5) is 14.5 Å². The van der Waals surface area contributed by atoms with Gasteiger partial charge in [0, 0.05) is 25.3 Å². The number of carbonyl (C=O) groups is 4. The van der Waals surface area contributed by atoms with Crippen molar-refractivity contribution < 1.29 is 33.1 Å². The van der Waals surface area contributed by atoms with Crippen molar-refractivity contribution in [2.24, 2.45) is 0 Å². The monoisotopic (exact) mass is 638 g/mol. The predicted molar refractivity (Wildman–Crippen MR) is 166 cm³/mol. The average molecular weight is 639 g/mol. The van der Waals surface area contributed by atoms with Gasteiger partial charge in [-0.05, 0) is 72.4 Å². The van der Waals surface area contributed by atoms with E-state index in [0.717, 1.165) is 23.3 Å². The molecule has 3 amide bonds. The summed E-state index contributed by atoms with van der Waals surface area (Å²) in [5.41, 5.74) is 3.05. The lowest BCUT2D eigenvalue weighted by Gasteiger charge is -2.17. The molecule has 11 nitrogen and oxygen atoms in total. The number of hydrogen-bond acceptors (Lipinski definition) is 6. The Balaban J connectivity index is 1.35. The number of hydrogen-bond donors (Lipinski definition) is 3. The topological polar surface area (TPSA) is 146 Å². The molecule has 238 valence electrons. The number of carboxylic acids is 1. The van der Waals surface area contributed by atoms with E-state index in [9.17, 15) is 33.1 Å². The van der Waals surface area contributed by atoms with Gasteiger partial charge >= 0.3 is 5.97 Å². The Hall–Kier alpha value is -5.98. The number of para-hydroxylation sites is 1. The zero-order chi connectivity index (χ0) is 33.4. The van der Waals surface area contributed by atoms with Crippen LogP contribution in [0.5, 0.6) is 0 Å². The molecule has 0 spiro atoms. The quantitative estimate of drug-likeness (QED) is 0.225. The summed E-state index contributed by atoms with van der Waals surface area (Å²) in [7, 11) is 1.57. The third kappa shape index (κ3) is 5.90. The average Bonchev–Trinajstić information content (AvgIpc) is 3.69. The Bertz CT molecular complexity index is 2080. The number of amides is 3. The summed E-state index contributed by atoms with van der Waals surface area (Å²) >= 11 is 0. The summed E-state index contributed by atoms with van der Waals surface area (Å²) in [6, 6.07) is 16.1. The molecule has 0 unspecified atom stereocenters. The highest BCUT2D eigenvalue weighted by Gasteiger charge is 2.30. The summed E-state index contributed by atoms with van der Waals surface area (Å²) < 4.78 is 28.3. The molecule has 3 aromatic carbocycles. The third-order valence-corrected chi connectivity index (χ3v) is 8.28. The number of fused-ring (bicyclic) bond motifs is 2. The molecule has 47 heavy (non-hydrogen) atoms. The molecule has 0 fully saturated rings. The Labute approximate surface area is 266 Å². The molecule has 0 aliphatic heterocycles. The highest BCUT2D eigenvalue weighted by atomic mass is 19.2. The zero-order valence-corrected chi connectivity index (χ0v) is 25.3. The van der Waals surface area contributed by atoms with Crippen molar-refractivity contribution in [3.8, 4) is 0 Å². The lowest BCUT2D eigenvalue weighted by molar-refractivity contribution is 0.0695. The Morgan fingerprint density at radius 1 is 0.979 bits per heavy atom. The van der Waals surface area contributed by atoms with Gasteiger partial charge in [0.1, 0.15) is 17.0 Å². The highest BCUT2D eigenvalue weighted by molar-refractivity contribution is 6.10. The van der Waals surface area contributed by atoms with Gasteiger partial charge in [-0.2, -0.15) is 5.10 Å². The molecular formula is C34H28F2N6O5. The maximum atomic E-state index is 13.8. The van der Waals surface area contributed by atoms with Crippen LogP contribution in [0.1, 0.15) is 76.4 Å². The Kier molecular flexibility index (Phi) is 8.20. The van der Waals surface area contributed by atoms with Crippen LogP contribution < -0.4 is 15.5 Å². The molecular weight excluding hydrogens is 610 g/mol. The minimum Gasteiger partial charge on any atom is -0.478 e. The van der Waals surface area contributed by atoms with Crippen molar-refractivity contribution in [3.05, 3.63) is 129 Å². The van der Waals surface area contributed by atoms with Crippen molar-refractivity contribution in [1.82, 2.24) is 25.2 Å². The van der Waals surface area contributed by atoms with Crippen molar-refractivity contribution in [3.63, 3.8) is 0 Å². The minimum atomic E-state index is -1.07. The Morgan fingerprint density at radius 2 is 1.74 bits per heavy atom. The molecule has 1 aliphatic carbocycles. The summed E-state index contributed by atoms with van der Waals surface area (Å²) in [4.78, 5) is 58.2. The second kappa shape index (κ2) is 12.4. The number of carboxylic acid groups (broad SMARTS) is 1. The smallest absolute Gasteiger partial charge is 0.335 e. The largest absolute Gasteiger partial charge is 0.478 e. The van der Waals surface area contributed by atoms with Crippen molar-refractivity contribution >= 4 is 35.0 Å². The number of aromatic nitrogens is 3. The van der Waals surface area contributed by atoms with E-state index >= 15 is 0 Å². The van der Waals surface area contributed by atoms with Gasteiger partial charge in [-0.1, -0.05) is 30.3 Å². The van der Waals surface area contributed by atoms with Gasteiger partial charge in [-0.15, -0.1) is 0 Å². The van der Waals surface area contributed by atoms with Gasteiger partial charge in [0.15, 0.2) is 17.3 Å². The van der Waals surface area contributed by atoms with Crippen LogP contribution in [0.25, 0.3) is 5.65 Å². The van der Waals surface area contributed by atoms with Gasteiger partial charge < -0.3 is 20.6 Å². The first-order valence-electron chi connectivity index (χ1n) is 14.6. The third-order valence-electron chi connectivity index (χ3n) is 8.28. The lowest BCUT2D eigenvalue weighted by atomic mass is 9.98. The molecule has 2 heterocycles. The normalized spacial score (nSPS) is 13.7. The van der Waals surface area contributed by atoms with Crippen molar-refractivity contribution in [1.29, 1.82) is 0 Å². The van der Waals surface area contributed by atoms with E-state index in [2.05, 4.69) is 20.7 Å². The molecule has 6 rings (SSSR count). The lowest BCUT2D eigenvalue weighted by Crippen LogP contribution is -2.31. The van der Waals surface area contributed by atoms with Gasteiger partial charge in [-0.25, -0.2) is 23.1 Å². The standard InChI is InChI=1S/C34H28F2N6O5/c1-18-21-11-13-27(23(21)10-9-22(18)34(46)47)40-32(44)29-15-28(31(43)37-16-19-8-12-25(35)26(36)14-19)39-30-24(17-38-42(29)30)33(45)41(2)20-6-4-3-5-7-20/h3-10,12,14-15,17,27H,11,13,16H2,1-2H3,(H,37,43)(H,40,44)(H,46,47)/t27-/m0/s1. The maximum absolute atomic E-state index is 13.8. The fraction of sp³-hybridized carbons (Fsp3) is 0.176. The molecule has 3 N–H and O–H groups in total. The number of rotatable bonds is 8. The summed E-state index contributed by atoms with van der Waals surface area (Å²) in [5, 5.41) is 19.4. The van der Waals surface area contributed by atoms with E-state index in [4.69, 9.17) is 0 Å². The number of halogens is 2. The molecule has 0 radical (unpaired) electrons. The SMILES string of the molecule is Cc1c(C(=O)O)ccc2c1CC[C@@H]2NC(=O)c1cc(C(=O)NCc2ccc(F)c(F)c2)nc2c(C(=O)N(C)c3ccccc3)cnn12. The second-order valence-electron chi connectivity index (χ2n) is 11.1. The number of nitrogens with one attached hydrogen (secondary N) is 2. The van der Waals surface area contributed by atoms with Crippen LogP contribution in [0.15, 0.2) is 72.9 Å². The predicted octanol–water partition coefficient (Wildman–Crippen LogP) is 4.64. The first-order valence-corrected chi connectivity index (χ1v) is 14.6. The molecule has 1 atom stereocenters. The van der Waals surface area contributed by atoms with Crippen LogP contribution in [-0.4, -0.2) is 50.4 Å². The van der Waals surface area contributed by atoms with E-state index in [1.54, 1.807) is 44.3 Å². The first kappa shape index (κ1) is 31.0. The van der Waals surface area contributed by atoms with E-state index in [1.807, 2.05) is 6.07 Å². The fourth-order valence-electron chi connectivity index (χ4n) is 5.76. The van der Waals surface area contributed by atoms with Crippen LogP contribution in [0.3, 0.4) is 0 Å². The molecule has 2 aromatic heterocycles.